The molecule has 0 aromatic heterocycles. The lowest BCUT2D eigenvalue weighted by Crippen LogP contribution is -2.14. The van der Waals surface area contributed by atoms with Gasteiger partial charge in [-0.15, -0.1) is 0 Å². The van der Waals surface area contributed by atoms with Crippen molar-refractivity contribution < 1.29 is 17.6 Å². The number of hydrogen-bond acceptors (Lipinski definition) is 2. The Balaban J connectivity index is 1.68. The van der Waals surface area contributed by atoms with Crippen LogP contribution in [-0.2, 0) is 6.67 Å². The number of nitrogens with zero attached hydrogens (tertiary/aromatic N) is 1. The summed E-state index contributed by atoms with van der Waals surface area (Å²) in [6, 6.07) is 1.91. The summed E-state index contributed by atoms with van der Waals surface area (Å²) in [5.41, 5.74) is 0.373. The number of alkyl halides is 1. The van der Waals surface area contributed by atoms with Crippen molar-refractivity contribution in [2.75, 3.05) is 0 Å². The van der Waals surface area contributed by atoms with E-state index >= 15 is 0 Å². The number of hydrogen-bond donors (Lipinski definition) is 1. The van der Waals surface area contributed by atoms with Gasteiger partial charge in [0.25, 0.3) is 0 Å². The number of halogens is 4. The van der Waals surface area contributed by atoms with E-state index in [1.165, 1.54) is 12.3 Å². The zero-order valence-corrected chi connectivity index (χ0v) is 17.0. The molecule has 3 rings (SSSR count). The first kappa shape index (κ1) is 22.2. The summed E-state index contributed by atoms with van der Waals surface area (Å²) in [4.78, 5) is 4.30. The molecule has 1 aromatic rings. The van der Waals surface area contributed by atoms with Crippen LogP contribution in [0.4, 0.5) is 17.6 Å². The lowest BCUT2D eigenvalue weighted by molar-refractivity contribution is 0.325. The van der Waals surface area contributed by atoms with Crippen molar-refractivity contribution in [2.45, 2.75) is 45.7 Å². The summed E-state index contributed by atoms with van der Waals surface area (Å²) in [6.07, 6.45) is 12.4. The van der Waals surface area contributed by atoms with Gasteiger partial charge in [-0.05, 0) is 60.4 Å². The third-order valence-corrected chi connectivity index (χ3v) is 5.95. The summed E-state index contributed by atoms with van der Waals surface area (Å²) in [5.74, 6) is -1.86. The fraction of sp³-hybridized carbons (Fsp3) is 0.417. The molecule has 1 saturated carbocycles. The lowest BCUT2D eigenvalue weighted by Gasteiger charge is -2.26. The molecule has 2 aliphatic carbocycles. The van der Waals surface area contributed by atoms with E-state index in [9.17, 15) is 17.6 Å². The van der Waals surface area contributed by atoms with Gasteiger partial charge >= 0.3 is 0 Å². The number of nitrogens with one attached hydrogen (secondary N) is 1. The first-order valence-corrected chi connectivity index (χ1v) is 10.3. The van der Waals surface area contributed by atoms with Gasteiger partial charge in [0, 0.05) is 30.1 Å². The molecule has 2 nitrogen and oxygen atoms in total. The lowest BCUT2D eigenvalue weighted by atomic mass is 9.79. The highest BCUT2D eigenvalue weighted by Crippen LogP contribution is 2.34. The minimum absolute atomic E-state index is 0.0452. The molecule has 1 N–H and O–H groups in total. The summed E-state index contributed by atoms with van der Waals surface area (Å²) in [7, 11) is 0. The second-order valence-corrected chi connectivity index (χ2v) is 8.11. The largest absolute Gasteiger partial charge is 0.308 e. The van der Waals surface area contributed by atoms with Gasteiger partial charge in [-0.1, -0.05) is 25.8 Å². The van der Waals surface area contributed by atoms with Crippen molar-refractivity contribution in [3.63, 3.8) is 0 Å². The van der Waals surface area contributed by atoms with Gasteiger partial charge < -0.3 is 5.41 Å². The van der Waals surface area contributed by atoms with Crippen LogP contribution in [0, 0.1) is 34.8 Å². The van der Waals surface area contributed by atoms with Crippen LogP contribution in [-0.4, -0.2) is 12.4 Å². The number of rotatable bonds is 6. The fourth-order valence-electron chi connectivity index (χ4n) is 4.04. The van der Waals surface area contributed by atoms with E-state index in [1.807, 2.05) is 0 Å². The number of benzene rings is 1. The van der Waals surface area contributed by atoms with E-state index in [1.54, 1.807) is 18.5 Å². The molecule has 0 aliphatic heterocycles. The molecule has 160 valence electrons. The molecule has 1 aromatic carbocycles. The standard InChI is InChI=1S/C24H26F4N2/c1-15-2-5-17(6-3-15)19(12-29)14-30-13-16-4-7-20(22(26)8-16)18-9-23(27)21(11-25)24(28)10-18/h7-10,12-17,29H,2-6,11H2,1H3/b19-14+,29-12?,30-13?. The second-order valence-electron chi connectivity index (χ2n) is 8.11. The molecular formula is C24H26F4N2. The van der Waals surface area contributed by atoms with Crippen LogP contribution >= 0.6 is 0 Å². The molecule has 0 bridgehead atoms. The molecule has 0 spiro atoms. The highest BCUT2D eigenvalue weighted by atomic mass is 19.1. The van der Waals surface area contributed by atoms with Gasteiger partial charge in [-0.2, -0.15) is 0 Å². The highest BCUT2D eigenvalue weighted by molar-refractivity contribution is 5.81. The maximum atomic E-state index is 14.6. The topological polar surface area (TPSA) is 36.2 Å². The molecule has 2 aliphatic rings. The normalized spacial score (nSPS) is 25.2. The molecule has 1 atom stereocenters. The van der Waals surface area contributed by atoms with Crippen molar-refractivity contribution in [1.29, 1.82) is 5.41 Å². The van der Waals surface area contributed by atoms with Crippen LogP contribution in [0.25, 0.3) is 5.57 Å². The van der Waals surface area contributed by atoms with Crippen molar-refractivity contribution >= 4 is 18.0 Å². The predicted octanol–water partition coefficient (Wildman–Crippen LogP) is 7.12. The molecule has 0 radical (unpaired) electrons. The van der Waals surface area contributed by atoms with Gasteiger partial charge in [0.05, 0.1) is 5.56 Å². The minimum atomic E-state index is -1.25. The van der Waals surface area contributed by atoms with Gasteiger partial charge in [0.2, 0.25) is 0 Å². The molecule has 0 heterocycles. The SMILES string of the molecule is CC1CCC(/C(C=N)=C/N=CC2C=C(F)C(c3cc(F)c(CF)c(F)c3)=CC2)CC1. The fourth-order valence-corrected chi connectivity index (χ4v) is 4.04. The maximum absolute atomic E-state index is 14.6. The average molecular weight is 418 g/mol. The van der Waals surface area contributed by atoms with Crippen molar-refractivity contribution in [2.24, 2.45) is 22.7 Å². The quantitative estimate of drug-likeness (QED) is 0.377. The number of allylic oxidation sites excluding steroid dienone is 5. The van der Waals surface area contributed by atoms with Crippen LogP contribution in [0.5, 0.6) is 0 Å². The molecule has 6 heteroatoms. The smallest absolute Gasteiger partial charge is 0.132 e. The Morgan fingerprint density at radius 3 is 2.37 bits per heavy atom. The Morgan fingerprint density at radius 2 is 1.80 bits per heavy atom. The summed E-state index contributed by atoms with van der Waals surface area (Å²) < 4.78 is 54.9. The monoisotopic (exact) mass is 418 g/mol. The molecule has 0 amide bonds. The molecule has 1 fully saturated rings. The Morgan fingerprint density at radius 1 is 1.13 bits per heavy atom. The van der Waals surface area contributed by atoms with Crippen molar-refractivity contribution in [3.05, 3.63) is 64.6 Å². The molecular weight excluding hydrogens is 392 g/mol. The van der Waals surface area contributed by atoms with Gasteiger partial charge in [0.15, 0.2) is 0 Å². The average Bonchev–Trinajstić information content (AvgIpc) is 2.72. The highest BCUT2D eigenvalue weighted by Gasteiger charge is 2.21. The van der Waals surface area contributed by atoms with Crippen molar-refractivity contribution in [1.82, 2.24) is 0 Å². The van der Waals surface area contributed by atoms with E-state index < -0.39 is 29.7 Å². The van der Waals surface area contributed by atoms with Crippen LogP contribution in [0.2, 0.25) is 0 Å². The van der Waals surface area contributed by atoms with Crippen LogP contribution < -0.4 is 0 Å². The Bertz CT molecular complexity index is 883. The number of aliphatic imine (C=N–C) groups is 1. The summed E-state index contributed by atoms with van der Waals surface area (Å²) in [5, 5.41) is 7.65. The van der Waals surface area contributed by atoms with E-state index in [0.717, 1.165) is 49.3 Å². The first-order chi connectivity index (χ1) is 14.4. The first-order valence-electron chi connectivity index (χ1n) is 10.3. The summed E-state index contributed by atoms with van der Waals surface area (Å²) >= 11 is 0. The predicted molar refractivity (Wildman–Crippen MR) is 113 cm³/mol. The van der Waals surface area contributed by atoms with E-state index in [2.05, 4.69) is 11.9 Å². The minimum Gasteiger partial charge on any atom is -0.308 e. The van der Waals surface area contributed by atoms with E-state index in [0.29, 0.717) is 12.3 Å². The maximum Gasteiger partial charge on any atom is 0.132 e. The third-order valence-electron chi connectivity index (χ3n) is 5.95. The Hall–Kier alpha value is -2.50. The van der Waals surface area contributed by atoms with Crippen molar-refractivity contribution in [3.8, 4) is 0 Å². The van der Waals surface area contributed by atoms with Crippen LogP contribution in [0.3, 0.4) is 0 Å². The third kappa shape index (κ3) is 5.15. The summed E-state index contributed by atoms with van der Waals surface area (Å²) in [6.45, 7) is 0.991. The molecule has 1 unspecified atom stereocenters. The van der Waals surface area contributed by atoms with E-state index in [-0.39, 0.29) is 17.1 Å². The van der Waals surface area contributed by atoms with Gasteiger partial charge in [-0.25, -0.2) is 17.6 Å². The van der Waals surface area contributed by atoms with E-state index in [4.69, 9.17) is 5.41 Å². The van der Waals surface area contributed by atoms with Gasteiger partial charge in [0.1, 0.15) is 24.1 Å². The zero-order chi connectivity index (χ0) is 21.7. The molecule has 0 saturated heterocycles. The van der Waals surface area contributed by atoms with Gasteiger partial charge in [-0.3, -0.25) is 4.99 Å². The zero-order valence-electron chi connectivity index (χ0n) is 17.0. The Kier molecular flexibility index (Phi) is 7.40. The second kappa shape index (κ2) is 10.0. The Labute approximate surface area is 174 Å². The van der Waals surface area contributed by atoms with Crippen LogP contribution in [0.15, 0.2) is 46.9 Å². The van der Waals surface area contributed by atoms with Crippen LogP contribution in [0.1, 0.15) is 50.2 Å². The molecule has 30 heavy (non-hydrogen) atoms.